The topological polar surface area (TPSA) is 57.1 Å². The molecule has 2 N–H and O–H groups in total. The van der Waals surface area contributed by atoms with Gasteiger partial charge in [0, 0.05) is 24.2 Å². The van der Waals surface area contributed by atoms with Gasteiger partial charge in [-0.3, -0.25) is 0 Å². The highest BCUT2D eigenvalue weighted by Crippen LogP contribution is 2.28. The van der Waals surface area contributed by atoms with Crippen LogP contribution < -0.4 is 15.4 Å². The molecule has 0 aromatic heterocycles. The number of methoxy groups -OCH3 is 1. The number of benzene rings is 2. The van der Waals surface area contributed by atoms with Crippen molar-refractivity contribution in [3.05, 3.63) is 65.2 Å². The van der Waals surface area contributed by atoms with Crippen LogP contribution in [0.3, 0.4) is 0 Å². The van der Waals surface area contributed by atoms with Gasteiger partial charge in [0.2, 0.25) is 0 Å². The molecule has 1 heterocycles. The van der Waals surface area contributed by atoms with E-state index in [-0.39, 0.29) is 5.92 Å². The van der Waals surface area contributed by atoms with Crippen molar-refractivity contribution in [3.63, 3.8) is 0 Å². The molecule has 0 spiro atoms. The second kappa shape index (κ2) is 9.55. The van der Waals surface area contributed by atoms with Crippen LogP contribution in [0.1, 0.15) is 54.8 Å². The molecule has 2 aromatic rings. The van der Waals surface area contributed by atoms with E-state index in [2.05, 4.69) is 53.1 Å². The van der Waals surface area contributed by atoms with Crippen molar-refractivity contribution >= 4 is 0 Å². The molecule has 3 atom stereocenters. The van der Waals surface area contributed by atoms with Gasteiger partial charge >= 0.3 is 0 Å². The normalized spacial score (nSPS) is 20.6. The molecule has 1 aliphatic rings. The van der Waals surface area contributed by atoms with Gasteiger partial charge < -0.3 is 15.4 Å². The molecule has 3 rings (SSSR count). The van der Waals surface area contributed by atoms with E-state index in [9.17, 15) is 5.26 Å². The molecular formula is C23H29N3O. The Morgan fingerprint density at radius 1 is 1.26 bits per heavy atom. The number of ether oxygens (including phenoxy) is 1. The Kier molecular flexibility index (Phi) is 6.86. The SMILES string of the molecule is CCC(C#N)c1ccc(OC)c(CN[C@H]2CCCN[C@H]2c2ccccc2)c1. The quantitative estimate of drug-likeness (QED) is 0.770. The first-order valence-electron chi connectivity index (χ1n) is 9.85. The lowest BCUT2D eigenvalue weighted by Crippen LogP contribution is -2.45. The Balaban J connectivity index is 1.76. The van der Waals surface area contributed by atoms with Crippen molar-refractivity contribution < 1.29 is 4.74 Å². The molecule has 142 valence electrons. The number of nitrogens with one attached hydrogen (secondary N) is 2. The lowest BCUT2D eigenvalue weighted by molar-refractivity contribution is 0.303. The van der Waals surface area contributed by atoms with Crippen LogP contribution in [-0.4, -0.2) is 19.7 Å². The van der Waals surface area contributed by atoms with Gasteiger partial charge in [-0.15, -0.1) is 0 Å². The number of nitriles is 1. The van der Waals surface area contributed by atoms with Crippen LogP contribution in [0.5, 0.6) is 5.75 Å². The van der Waals surface area contributed by atoms with E-state index < -0.39 is 0 Å². The molecule has 0 aliphatic carbocycles. The Bertz CT molecular complexity index is 769. The van der Waals surface area contributed by atoms with Gasteiger partial charge in [-0.05, 0) is 49.1 Å². The zero-order valence-electron chi connectivity index (χ0n) is 16.2. The number of nitrogens with zero attached hydrogens (tertiary/aromatic N) is 1. The Morgan fingerprint density at radius 2 is 2.07 bits per heavy atom. The van der Waals surface area contributed by atoms with Gasteiger partial charge in [-0.2, -0.15) is 5.26 Å². The standard InChI is InChI=1S/C23H29N3O/c1-3-17(15-24)19-11-12-22(27-2)20(14-19)16-26-21-10-7-13-25-23(21)18-8-5-4-6-9-18/h4-6,8-9,11-12,14,17,21,23,25-26H,3,7,10,13,16H2,1-2H3/t17?,21-,23-/m0/s1. The largest absolute Gasteiger partial charge is 0.496 e. The van der Waals surface area contributed by atoms with Crippen molar-refractivity contribution in [1.82, 2.24) is 10.6 Å². The second-order valence-corrected chi connectivity index (χ2v) is 7.13. The lowest BCUT2D eigenvalue weighted by Gasteiger charge is -2.34. The summed E-state index contributed by atoms with van der Waals surface area (Å²) in [5.74, 6) is 0.808. The van der Waals surface area contributed by atoms with E-state index in [1.807, 2.05) is 19.1 Å². The zero-order valence-corrected chi connectivity index (χ0v) is 16.2. The molecule has 0 radical (unpaired) electrons. The first kappa shape index (κ1) is 19.4. The molecule has 1 saturated heterocycles. The monoisotopic (exact) mass is 363 g/mol. The fraction of sp³-hybridized carbons (Fsp3) is 0.435. The van der Waals surface area contributed by atoms with Crippen LogP contribution in [0, 0.1) is 11.3 Å². The predicted molar refractivity (Wildman–Crippen MR) is 109 cm³/mol. The maximum absolute atomic E-state index is 9.39. The van der Waals surface area contributed by atoms with Crippen molar-refractivity contribution in [3.8, 4) is 11.8 Å². The maximum atomic E-state index is 9.39. The minimum absolute atomic E-state index is 0.0666. The van der Waals surface area contributed by atoms with Crippen LogP contribution in [0.4, 0.5) is 0 Å². The number of piperidine rings is 1. The molecule has 1 unspecified atom stereocenters. The third kappa shape index (κ3) is 4.68. The molecule has 0 saturated carbocycles. The Hall–Kier alpha value is -2.35. The van der Waals surface area contributed by atoms with E-state index in [4.69, 9.17) is 4.74 Å². The molecular weight excluding hydrogens is 334 g/mol. The van der Waals surface area contributed by atoms with Crippen molar-refractivity contribution in [2.45, 2.75) is 50.7 Å². The molecule has 2 aromatic carbocycles. The summed E-state index contributed by atoms with van der Waals surface area (Å²) in [6.45, 7) is 3.83. The predicted octanol–water partition coefficient (Wildman–Crippen LogP) is 4.30. The fourth-order valence-electron chi connectivity index (χ4n) is 3.91. The zero-order chi connectivity index (χ0) is 19.1. The van der Waals surface area contributed by atoms with Gasteiger partial charge in [0.25, 0.3) is 0 Å². The van der Waals surface area contributed by atoms with Gasteiger partial charge in [-0.25, -0.2) is 0 Å². The molecule has 0 amide bonds. The van der Waals surface area contributed by atoms with Gasteiger partial charge in [0.1, 0.15) is 5.75 Å². The van der Waals surface area contributed by atoms with Crippen molar-refractivity contribution in [1.29, 1.82) is 5.26 Å². The third-order valence-corrected chi connectivity index (χ3v) is 5.44. The van der Waals surface area contributed by atoms with E-state index in [0.717, 1.165) is 42.8 Å². The third-order valence-electron chi connectivity index (χ3n) is 5.44. The minimum Gasteiger partial charge on any atom is -0.496 e. The molecule has 4 heteroatoms. The Morgan fingerprint density at radius 3 is 2.78 bits per heavy atom. The summed E-state index contributed by atoms with van der Waals surface area (Å²) in [6, 6.07) is 19.8. The number of rotatable bonds is 7. The highest BCUT2D eigenvalue weighted by atomic mass is 16.5. The summed E-state index contributed by atoms with van der Waals surface area (Å²) >= 11 is 0. The average molecular weight is 364 g/mol. The van der Waals surface area contributed by atoms with Crippen molar-refractivity contribution in [2.75, 3.05) is 13.7 Å². The summed E-state index contributed by atoms with van der Waals surface area (Å²) in [6.07, 6.45) is 3.13. The van der Waals surface area contributed by atoms with Crippen molar-refractivity contribution in [2.24, 2.45) is 0 Å². The second-order valence-electron chi connectivity index (χ2n) is 7.13. The van der Waals surface area contributed by atoms with Crippen LogP contribution >= 0.6 is 0 Å². The average Bonchev–Trinajstić information content (AvgIpc) is 2.74. The minimum atomic E-state index is -0.0666. The van der Waals surface area contributed by atoms with E-state index in [1.165, 1.54) is 12.0 Å². The smallest absolute Gasteiger partial charge is 0.123 e. The van der Waals surface area contributed by atoms with Crippen LogP contribution in [0.2, 0.25) is 0 Å². The van der Waals surface area contributed by atoms with Gasteiger partial charge in [0.05, 0.1) is 19.1 Å². The summed E-state index contributed by atoms with van der Waals surface area (Å²) in [4.78, 5) is 0. The molecule has 0 bridgehead atoms. The summed E-state index contributed by atoms with van der Waals surface area (Å²) in [5, 5.41) is 16.8. The van der Waals surface area contributed by atoms with Gasteiger partial charge in [0.15, 0.2) is 0 Å². The van der Waals surface area contributed by atoms with Gasteiger partial charge in [-0.1, -0.05) is 43.3 Å². The molecule has 1 fully saturated rings. The highest BCUT2D eigenvalue weighted by molar-refractivity contribution is 5.40. The summed E-state index contributed by atoms with van der Waals surface area (Å²) < 4.78 is 5.56. The lowest BCUT2D eigenvalue weighted by atomic mass is 9.91. The fourth-order valence-corrected chi connectivity index (χ4v) is 3.91. The van der Waals surface area contributed by atoms with E-state index >= 15 is 0 Å². The maximum Gasteiger partial charge on any atom is 0.123 e. The highest BCUT2D eigenvalue weighted by Gasteiger charge is 2.25. The van der Waals surface area contributed by atoms with E-state index in [0.29, 0.717) is 12.1 Å². The molecule has 1 aliphatic heterocycles. The first-order chi connectivity index (χ1) is 13.3. The van der Waals surface area contributed by atoms with E-state index in [1.54, 1.807) is 7.11 Å². The van der Waals surface area contributed by atoms with Crippen LogP contribution in [-0.2, 0) is 6.54 Å². The summed E-state index contributed by atoms with van der Waals surface area (Å²) in [7, 11) is 1.70. The van der Waals surface area contributed by atoms with Crippen LogP contribution in [0.15, 0.2) is 48.5 Å². The number of hydrogen-bond donors (Lipinski definition) is 2. The molecule has 4 nitrogen and oxygen atoms in total. The van der Waals surface area contributed by atoms with Crippen LogP contribution in [0.25, 0.3) is 0 Å². The Labute approximate surface area is 162 Å². The first-order valence-corrected chi connectivity index (χ1v) is 9.85. The summed E-state index contributed by atoms with van der Waals surface area (Å²) in [5.41, 5.74) is 3.51. The number of hydrogen-bond acceptors (Lipinski definition) is 4. The molecule has 27 heavy (non-hydrogen) atoms.